The van der Waals surface area contributed by atoms with Gasteiger partial charge in [-0.3, -0.25) is 9.59 Å². The number of fused-ring (bicyclic) bond motifs is 1. The van der Waals surface area contributed by atoms with E-state index in [-0.39, 0.29) is 28.9 Å². The first-order chi connectivity index (χ1) is 13.9. The zero-order chi connectivity index (χ0) is 20.5. The van der Waals surface area contributed by atoms with Gasteiger partial charge < -0.3 is 20.1 Å². The molecule has 2 N–H and O–H groups in total. The molecule has 2 aromatic carbocycles. The van der Waals surface area contributed by atoms with Gasteiger partial charge in [0, 0.05) is 31.1 Å². The number of carbonyl (C=O) groups is 2. The second kappa shape index (κ2) is 8.00. The number of rotatable bonds is 3. The van der Waals surface area contributed by atoms with E-state index >= 15 is 0 Å². The lowest BCUT2D eigenvalue weighted by molar-refractivity contribution is -0.116. The summed E-state index contributed by atoms with van der Waals surface area (Å²) in [7, 11) is 0. The van der Waals surface area contributed by atoms with Crippen LogP contribution in [0.1, 0.15) is 28.8 Å². The van der Waals surface area contributed by atoms with Gasteiger partial charge in [0.1, 0.15) is 23.8 Å². The summed E-state index contributed by atoms with van der Waals surface area (Å²) in [5.74, 6) is -0.346. The molecule has 2 atom stereocenters. The highest BCUT2D eigenvalue weighted by Gasteiger charge is 2.33. The Morgan fingerprint density at radius 2 is 2.07 bits per heavy atom. The van der Waals surface area contributed by atoms with E-state index in [0.29, 0.717) is 31.6 Å². The van der Waals surface area contributed by atoms with Gasteiger partial charge in [-0.15, -0.1) is 0 Å². The predicted molar refractivity (Wildman–Crippen MR) is 106 cm³/mol. The molecule has 2 aliphatic heterocycles. The molecular formula is C21H20ClFN2O4. The lowest BCUT2D eigenvalue weighted by Crippen LogP contribution is -2.51. The van der Waals surface area contributed by atoms with Crippen molar-refractivity contribution in [2.24, 2.45) is 0 Å². The highest BCUT2D eigenvalue weighted by Crippen LogP contribution is 2.29. The number of carbonyl (C=O) groups excluding carboxylic acids is 2. The minimum absolute atomic E-state index is 0.0269. The van der Waals surface area contributed by atoms with E-state index in [0.717, 1.165) is 17.3 Å². The molecule has 0 aliphatic carbocycles. The smallest absolute Gasteiger partial charge is 0.255 e. The molecule has 4 rings (SSSR count). The monoisotopic (exact) mass is 418 g/mol. The van der Waals surface area contributed by atoms with E-state index in [9.17, 15) is 19.1 Å². The van der Waals surface area contributed by atoms with Crippen LogP contribution in [0.3, 0.4) is 0 Å². The molecule has 2 heterocycles. The van der Waals surface area contributed by atoms with Gasteiger partial charge in [-0.05, 0) is 36.2 Å². The molecule has 0 radical (unpaired) electrons. The van der Waals surface area contributed by atoms with E-state index < -0.39 is 18.0 Å². The molecule has 0 unspecified atom stereocenters. The number of hydrogen-bond donors (Lipinski definition) is 2. The molecule has 1 fully saturated rings. The first kappa shape index (κ1) is 19.7. The van der Waals surface area contributed by atoms with Crippen LogP contribution in [0.25, 0.3) is 0 Å². The molecule has 2 aromatic rings. The van der Waals surface area contributed by atoms with Crippen molar-refractivity contribution < 1.29 is 23.8 Å². The molecular weight excluding hydrogens is 399 g/mol. The zero-order valence-electron chi connectivity index (χ0n) is 15.5. The Balaban J connectivity index is 1.41. The number of aliphatic hydroxyl groups excluding tert-OH is 1. The maximum atomic E-state index is 13.2. The number of piperidine rings is 1. The number of amides is 2. The van der Waals surface area contributed by atoms with E-state index in [4.69, 9.17) is 16.3 Å². The predicted octanol–water partition coefficient (Wildman–Crippen LogP) is 3.02. The molecule has 0 saturated carbocycles. The van der Waals surface area contributed by atoms with E-state index in [1.165, 1.54) is 17.0 Å². The SMILES string of the molecule is O=C1CCc2ccc(O[C@@H]3CCN(C(=O)c4ccc(F)cc4Cl)C[C@H]3O)cc2N1. The summed E-state index contributed by atoms with van der Waals surface area (Å²) in [4.78, 5) is 25.7. The van der Waals surface area contributed by atoms with Crippen LogP contribution >= 0.6 is 11.6 Å². The Labute approximate surface area is 172 Å². The normalized spacial score (nSPS) is 21.3. The van der Waals surface area contributed by atoms with Crippen molar-refractivity contribution in [3.8, 4) is 5.75 Å². The molecule has 0 spiro atoms. The van der Waals surface area contributed by atoms with Crippen LogP contribution in [0.15, 0.2) is 36.4 Å². The average molecular weight is 419 g/mol. The lowest BCUT2D eigenvalue weighted by atomic mass is 10.0. The van der Waals surface area contributed by atoms with Gasteiger partial charge in [0.2, 0.25) is 5.91 Å². The second-order valence-corrected chi connectivity index (χ2v) is 7.66. The lowest BCUT2D eigenvalue weighted by Gasteiger charge is -2.36. The van der Waals surface area contributed by atoms with Crippen molar-refractivity contribution >= 4 is 29.1 Å². The number of aliphatic hydroxyl groups is 1. The first-order valence-corrected chi connectivity index (χ1v) is 9.80. The van der Waals surface area contributed by atoms with Crippen LogP contribution in [-0.4, -0.2) is 47.1 Å². The fraction of sp³-hybridized carbons (Fsp3) is 0.333. The summed E-state index contributed by atoms with van der Waals surface area (Å²) in [5, 5.41) is 13.4. The fourth-order valence-corrected chi connectivity index (χ4v) is 3.91. The summed E-state index contributed by atoms with van der Waals surface area (Å²) in [6.07, 6.45) is 0.208. The highest BCUT2D eigenvalue weighted by molar-refractivity contribution is 6.33. The molecule has 152 valence electrons. The number of hydrogen-bond acceptors (Lipinski definition) is 4. The molecule has 29 heavy (non-hydrogen) atoms. The van der Waals surface area contributed by atoms with Crippen molar-refractivity contribution in [1.82, 2.24) is 4.90 Å². The maximum Gasteiger partial charge on any atom is 0.255 e. The van der Waals surface area contributed by atoms with Crippen LogP contribution in [0.4, 0.5) is 10.1 Å². The van der Waals surface area contributed by atoms with E-state index in [2.05, 4.69) is 5.32 Å². The molecule has 0 bridgehead atoms. The van der Waals surface area contributed by atoms with Gasteiger partial charge >= 0.3 is 0 Å². The number of ether oxygens (including phenoxy) is 1. The van der Waals surface area contributed by atoms with Crippen LogP contribution in [-0.2, 0) is 11.2 Å². The summed E-state index contributed by atoms with van der Waals surface area (Å²) in [6, 6.07) is 9.10. The molecule has 6 nitrogen and oxygen atoms in total. The number of nitrogens with one attached hydrogen (secondary N) is 1. The maximum absolute atomic E-state index is 13.2. The Kier molecular flexibility index (Phi) is 5.43. The fourth-order valence-electron chi connectivity index (χ4n) is 3.66. The van der Waals surface area contributed by atoms with Crippen molar-refractivity contribution in [3.05, 3.63) is 58.4 Å². The zero-order valence-corrected chi connectivity index (χ0v) is 16.3. The van der Waals surface area contributed by atoms with Crippen molar-refractivity contribution in [2.75, 3.05) is 18.4 Å². The first-order valence-electron chi connectivity index (χ1n) is 9.42. The van der Waals surface area contributed by atoms with Crippen LogP contribution in [0.2, 0.25) is 5.02 Å². The van der Waals surface area contributed by atoms with Gasteiger partial charge in [-0.2, -0.15) is 0 Å². The average Bonchev–Trinajstić information content (AvgIpc) is 2.69. The summed E-state index contributed by atoms with van der Waals surface area (Å²) >= 11 is 5.98. The standard InChI is InChI=1S/C21H20ClFN2O4/c22-16-9-13(23)3-5-15(16)21(28)25-8-7-19(18(26)11-25)29-14-4-1-12-2-6-20(27)24-17(12)10-14/h1,3-5,9-10,18-19,26H,2,6-8,11H2,(H,24,27)/t18-,19-/m1/s1. The molecule has 8 heteroatoms. The molecule has 2 amide bonds. The third kappa shape index (κ3) is 4.21. The van der Waals surface area contributed by atoms with Crippen LogP contribution in [0.5, 0.6) is 5.75 Å². The Bertz CT molecular complexity index is 968. The largest absolute Gasteiger partial charge is 0.488 e. The van der Waals surface area contributed by atoms with Gasteiger partial charge in [0.25, 0.3) is 5.91 Å². The molecule has 1 saturated heterocycles. The number of β-amino-alcohol motifs (C(OH)–C–C–N with tert-alkyl or cyclic N) is 1. The van der Waals surface area contributed by atoms with Gasteiger partial charge in [-0.1, -0.05) is 17.7 Å². The van der Waals surface area contributed by atoms with Crippen LogP contribution < -0.4 is 10.1 Å². The third-order valence-corrected chi connectivity index (χ3v) is 5.55. The number of nitrogens with zero attached hydrogens (tertiary/aromatic N) is 1. The minimum atomic E-state index is -0.891. The van der Waals surface area contributed by atoms with Gasteiger partial charge in [0.15, 0.2) is 0 Å². The Morgan fingerprint density at radius 3 is 2.83 bits per heavy atom. The second-order valence-electron chi connectivity index (χ2n) is 7.25. The van der Waals surface area contributed by atoms with Crippen molar-refractivity contribution in [1.29, 1.82) is 0 Å². The van der Waals surface area contributed by atoms with Crippen molar-refractivity contribution in [2.45, 2.75) is 31.5 Å². The van der Waals surface area contributed by atoms with E-state index in [1.54, 1.807) is 6.07 Å². The van der Waals surface area contributed by atoms with E-state index in [1.807, 2.05) is 12.1 Å². The number of benzene rings is 2. The minimum Gasteiger partial charge on any atom is -0.488 e. The third-order valence-electron chi connectivity index (χ3n) is 5.23. The van der Waals surface area contributed by atoms with Crippen molar-refractivity contribution in [3.63, 3.8) is 0 Å². The van der Waals surface area contributed by atoms with Gasteiger partial charge in [0.05, 0.1) is 17.1 Å². The molecule has 2 aliphatic rings. The molecule has 0 aromatic heterocycles. The summed E-state index contributed by atoms with van der Waals surface area (Å²) in [5.41, 5.74) is 1.98. The quantitative estimate of drug-likeness (QED) is 0.803. The Morgan fingerprint density at radius 1 is 1.24 bits per heavy atom. The summed E-state index contributed by atoms with van der Waals surface area (Å²) in [6.45, 7) is 0.453. The van der Waals surface area contributed by atoms with Gasteiger partial charge in [-0.25, -0.2) is 4.39 Å². The number of aryl methyl sites for hydroxylation is 1. The summed E-state index contributed by atoms with van der Waals surface area (Å²) < 4.78 is 19.1. The topological polar surface area (TPSA) is 78.9 Å². The Hall–Kier alpha value is -2.64. The number of halogens is 2. The highest BCUT2D eigenvalue weighted by atomic mass is 35.5. The number of anilines is 1. The van der Waals surface area contributed by atoms with Crippen LogP contribution in [0, 0.1) is 5.82 Å². The number of likely N-dealkylation sites (tertiary alicyclic amines) is 1.